The second kappa shape index (κ2) is 6.21. The summed E-state index contributed by atoms with van der Waals surface area (Å²) in [4.78, 5) is 12.0. The molecule has 0 amide bonds. The summed E-state index contributed by atoms with van der Waals surface area (Å²) in [6.07, 6.45) is 0. The number of ether oxygens (including phenoxy) is 1. The summed E-state index contributed by atoms with van der Waals surface area (Å²) in [5.41, 5.74) is 7.51. The molecule has 0 aliphatic carbocycles. The lowest BCUT2D eigenvalue weighted by atomic mass is 10.2. The summed E-state index contributed by atoms with van der Waals surface area (Å²) in [5.74, 6) is -0.441. The van der Waals surface area contributed by atoms with E-state index in [2.05, 4.69) is 31.9 Å². The summed E-state index contributed by atoms with van der Waals surface area (Å²) < 4.78 is 6.67. The maximum Gasteiger partial charge on any atom is 0.340 e. The molecule has 0 spiro atoms. The van der Waals surface area contributed by atoms with E-state index >= 15 is 0 Å². The van der Waals surface area contributed by atoms with E-state index in [1.807, 2.05) is 30.3 Å². The van der Waals surface area contributed by atoms with Crippen LogP contribution in [0.2, 0.25) is 0 Å². The number of hydrogen-bond donors (Lipinski definition) is 1. The maximum absolute atomic E-state index is 12.0. The number of carbonyl (C=O) groups excluding carboxylic acids is 1. The van der Waals surface area contributed by atoms with E-state index in [0.29, 0.717) is 15.7 Å². The fourth-order valence-corrected chi connectivity index (χ4v) is 2.78. The van der Waals surface area contributed by atoms with E-state index < -0.39 is 5.97 Å². The number of nitrogens with two attached hydrogens (primary N) is 1. The molecule has 2 aromatic carbocycles. The summed E-state index contributed by atoms with van der Waals surface area (Å²) in [5, 5.41) is 0. The average molecular weight is 385 g/mol. The zero-order valence-corrected chi connectivity index (χ0v) is 13.1. The van der Waals surface area contributed by atoms with Crippen LogP contribution in [0.1, 0.15) is 15.9 Å². The highest BCUT2D eigenvalue weighted by atomic mass is 79.9. The Hall–Kier alpha value is -1.33. The van der Waals surface area contributed by atoms with Crippen LogP contribution in [0.25, 0.3) is 0 Å². The van der Waals surface area contributed by atoms with Gasteiger partial charge in [-0.05, 0) is 33.6 Å². The summed E-state index contributed by atoms with van der Waals surface area (Å²) in [6.45, 7) is 0.225. The van der Waals surface area contributed by atoms with Gasteiger partial charge in [-0.3, -0.25) is 0 Å². The van der Waals surface area contributed by atoms with Crippen molar-refractivity contribution < 1.29 is 9.53 Å². The lowest BCUT2D eigenvalue weighted by molar-refractivity contribution is 0.0474. The second-order valence-corrected chi connectivity index (χ2v) is 5.68. The summed E-state index contributed by atoms with van der Waals surface area (Å²) in [6, 6.07) is 12.9. The first-order valence-electron chi connectivity index (χ1n) is 5.53. The van der Waals surface area contributed by atoms with Crippen LogP contribution in [0.15, 0.2) is 51.4 Å². The second-order valence-electron chi connectivity index (χ2n) is 3.91. The van der Waals surface area contributed by atoms with Crippen LogP contribution in [0.5, 0.6) is 0 Å². The Labute approximate surface area is 128 Å². The molecule has 0 saturated heterocycles. The fraction of sp³-hybridized carbons (Fsp3) is 0.0714. The first-order chi connectivity index (χ1) is 9.08. The van der Waals surface area contributed by atoms with Gasteiger partial charge in [0.1, 0.15) is 6.61 Å². The smallest absolute Gasteiger partial charge is 0.340 e. The molecular formula is C14H11Br2NO2. The van der Waals surface area contributed by atoms with Gasteiger partial charge in [-0.25, -0.2) is 4.79 Å². The Morgan fingerprint density at radius 2 is 1.84 bits per heavy atom. The van der Waals surface area contributed by atoms with Gasteiger partial charge < -0.3 is 10.5 Å². The van der Waals surface area contributed by atoms with Crippen LogP contribution in [-0.2, 0) is 11.3 Å². The number of halogens is 2. The molecule has 0 aliphatic heterocycles. The minimum atomic E-state index is -0.441. The number of nitrogen functional groups attached to an aromatic ring is 1. The van der Waals surface area contributed by atoms with Gasteiger partial charge in [-0.15, -0.1) is 0 Å². The summed E-state index contributed by atoms with van der Waals surface area (Å²) >= 11 is 6.62. The topological polar surface area (TPSA) is 52.3 Å². The van der Waals surface area contributed by atoms with Crippen molar-refractivity contribution in [2.45, 2.75) is 6.61 Å². The third-order valence-corrected chi connectivity index (χ3v) is 3.64. The van der Waals surface area contributed by atoms with Crippen LogP contribution in [0, 0.1) is 0 Å². The van der Waals surface area contributed by atoms with E-state index in [9.17, 15) is 4.79 Å². The first-order valence-corrected chi connectivity index (χ1v) is 7.12. The lowest BCUT2D eigenvalue weighted by Crippen LogP contribution is -2.08. The Bertz CT molecular complexity index is 600. The standard InChI is InChI=1S/C14H11Br2NO2/c15-10-6-11(13(17)12(16)7-10)14(18)19-8-9-4-2-1-3-5-9/h1-7H,8,17H2. The predicted molar refractivity (Wildman–Crippen MR) is 81.8 cm³/mol. The maximum atomic E-state index is 12.0. The zero-order valence-electron chi connectivity index (χ0n) is 9.90. The van der Waals surface area contributed by atoms with Crippen LogP contribution in [0.3, 0.4) is 0 Å². The van der Waals surface area contributed by atoms with Crippen LogP contribution >= 0.6 is 31.9 Å². The minimum Gasteiger partial charge on any atom is -0.457 e. The van der Waals surface area contributed by atoms with Crippen molar-refractivity contribution in [1.82, 2.24) is 0 Å². The SMILES string of the molecule is Nc1c(Br)cc(Br)cc1C(=O)OCc1ccccc1. The third kappa shape index (κ3) is 3.58. The monoisotopic (exact) mass is 383 g/mol. The molecule has 2 aromatic rings. The normalized spacial score (nSPS) is 10.2. The van der Waals surface area contributed by atoms with E-state index in [0.717, 1.165) is 10.0 Å². The van der Waals surface area contributed by atoms with Crippen molar-refractivity contribution in [3.8, 4) is 0 Å². The zero-order chi connectivity index (χ0) is 13.8. The molecule has 0 fully saturated rings. The van der Waals surface area contributed by atoms with Gasteiger partial charge in [0.25, 0.3) is 0 Å². The molecule has 0 aliphatic rings. The fourth-order valence-electron chi connectivity index (χ4n) is 1.55. The Morgan fingerprint density at radius 1 is 1.16 bits per heavy atom. The van der Waals surface area contributed by atoms with Crippen molar-refractivity contribution in [1.29, 1.82) is 0 Å². The number of rotatable bonds is 3. The van der Waals surface area contributed by atoms with E-state index in [1.54, 1.807) is 12.1 Å². The van der Waals surface area contributed by atoms with E-state index in [-0.39, 0.29) is 6.61 Å². The molecule has 3 nitrogen and oxygen atoms in total. The Balaban J connectivity index is 2.13. The quantitative estimate of drug-likeness (QED) is 0.638. The van der Waals surface area contributed by atoms with Gasteiger partial charge in [0.15, 0.2) is 0 Å². The van der Waals surface area contributed by atoms with Crippen LogP contribution in [-0.4, -0.2) is 5.97 Å². The van der Waals surface area contributed by atoms with Gasteiger partial charge in [0, 0.05) is 8.95 Å². The first kappa shape index (κ1) is 14.1. The highest BCUT2D eigenvalue weighted by Gasteiger charge is 2.14. The Morgan fingerprint density at radius 3 is 2.53 bits per heavy atom. The number of carbonyl (C=O) groups is 1. The Kier molecular flexibility index (Phi) is 4.61. The van der Waals surface area contributed by atoms with Gasteiger partial charge >= 0.3 is 5.97 Å². The molecule has 0 radical (unpaired) electrons. The van der Waals surface area contributed by atoms with Crippen molar-refractivity contribution in [3.05, 3.63) is 62.5 Å². The molecule has 2 rings (SSSR count). The highest BCUT2D eigenvalue weighted by molar-refractivity contribution is 9.11. The largest absolute Gasteiger partial charge is 0.457 e. The van der Waals surface area contributed by atoms with Gasteiger partial charge in [-0.2, -0.15) is 0 Å². The molecule has 0 heterocycles. The molecule has 0 atom stereocenters. The molecule has 0 unspecified atom stereocenters. The van der Waals surface area contributed by atoms with Crippen molar-refractivity contribution in [2.24, 2.45) is 0 Å². The highest BCUT2D eigenvalue weighted by Crippen LogP contribution is 2.28. The number of benzene rings is 2. The number of anilines is 1. The minimum absolute atomic E-state index is 0.225. The van der Waals surface area contributed by atoms with Crippen LogP contribution in [0.4, 0.5) is 5.69 Å². The van der Waals surface area contributed by atoms with Crippen molar-refractivity contribution in [2.75, 3.05) is 5.73 Å². The molecule has 98 valence electrons. The van der Waals surface area contributed by atoms with Gasteiger partial charge in [0.2, 0.25) is 0 Å². The summed E-state index contributed by atoms with van der Waals surface area (Å²) in [7, 11) is 0. The van der Waals surface area contributed by atoms with E-state index in [1.165, 1.54) is 0 Å². The number of esters is 1. The number of hydrogen-bond acceptors (Lipinski definition) is 3. The molecule has 0 aromatic heterocycles. The molecular weight excluding hydrogens is 374 g/mol. The van der Waals surface area contributed by atoms with Crippen molar-refractivity contribution >= 4 is 43.5 Å². The predicted octanol–water partition coefficient (Wildman–Crippen LogP) is 4.15. The molecule has 5 heteroatoms. The van der Waals surface area contributed by atoms with E-state index in [4.69, 9.17) is 10.5 Å². The lowest BCUT2D eigenvalue weighted by Gasteiger charge is -2.09. The molecule has 0 bridgehead atoms. The van der Waals surface area contributed by atoms with Crippen LogP contribution < -0.4 is 5.73 Å². The van der Waals surface area contributed by atoms with Crippen molar-refractivity contribution in [3.63, 3.8) is 0 Å². The molecule has 19 heavy (non-hydrogen) atoms. The average Bonchev–Trinajstić information content (AvgIpc) is 2.41. The third-order valence-electron chi connectivity index (χ3n) is 2.53. The van der Waals surface area contributed by atoms with Gasteiger partial charge in [-0.1, -0.05) is 46.3 Å². The molecule has 2 N–H and O–H groups in total. The van der Waals surface area contributed by atoms with Gasteiger partial charge in [0.05, 0.1) is 11.3 Å². The molecule has 0 saturated carbocycles.